The van der Waals surface area contributed by atoms with E-state index in [1.165, 1.54) is 12.8 Å². The van der Waals surface area contributed by atoms with Crippen LogP contribution in [0.4, 0.5) is 0 Å². The minimum atomic E-state index is -0.193. The number of hydrogen-bond acceptors (Lipinski definition) is 3. The van der Waals surface area contributed by atoms with Gasteiger partial charge in [0.15, 0.2) is 0 Å². The molecule has 2 rings (SSSR count). The number of carbonyl (C=O) groups is 1. The Bertz CT molecular complexity index is 275. The van der Waals surface area contributed by atoms with Crippen molar-refractivity contribution >= 4 is 5.91 Å². The van der Waals surface area contributed by atoms with Crippen LogP contribution in [0.15, 0.2) is 0 Å². The SMILES string of the molecule is NC(=O)C1CCC(NC2CCCCCC2O)CC1. The number of aliphatic hydroxyl groups excluding tert-OH is 1. The van der Waals surface area contributed by atoms with Gasteiger partial charge in [0, 0.05) is 18.0 Å². The van der Waals surface area contributed by atoms with Crippen LogP contribution in [-0.2, 0) is 4.79 Å². The highest BCUT2D eigenvalue weighted by molar-refractivity contribution is 5.76. The number of amides is 1. The van der Waals surface area contributed by atoms with Gasteiger partial charge in [-0.05, 0) is 38.5 Å². The van der Waals surface area contributed by atoms with E-state index in [9.17, 15) is 9.90 Å². The summed E-state index contributed by atoms with van der Waals surface area (Å²) >= 11 is 0. The van der Waals surface area contributed by atoms with E-state index in [4.69, 9.17) is 5.73 Å². The van der Waals surface area contributed by atoms with Crippen molar-refractivity contribution in [1.82, 2.24) is 5.32 Å². The van der Waals surface area contributed by atoms with Crippen molar-refractivity contribution in [1.29, 1.82) is 0 Å². The fourth-order valence-electron chi connectivity index (χ4n) is 3.33. The topological polar surface area (TPSA) is 75.4 Å². The first-order chi connectivity index (χ1) is 8.66. The number of rotatable bonds is 3. The molecule has 0 heterocycles. The summed E-state index contributed by atoms with van der Waals surface area (Å²) in [6.07, 6.45) is 9.23. The molecular formula is C14H26N2O2. The molecule has 0 radical (unpaired) electrons. The van der Waals surface area contributed by atoms with Crippen LogP contribution in [-0.4, -0.2) is 29.2 Å². The number of carbonyl (C=O) groups excluding carboxylic acids is 1. The Morgan fingerprint density at radius 3 is 2.33 bits per heavy atom. The number of primary amides is 1. The molecule has 0 aliphatic heterocycles. The second-order valence-electron chi connectivity index (χ2n) is 5.93. The normalized spacial score (nSPS) is 38.1. The smallest absolute Gasteiger partial charge is 0.220 e. The van der Waals surface area contributed by atoms with Gasteiger partial charge in [-0.3, -0.25) is 4.79 Å². The van der Waals surface area contributed by atoms with Crippen LogP contribution in [0.2, 0.25) is 0 Å². The van der Waals surface area contributed by atoms with Crippen molar-refractivity contribution in [2.45, 2.75) is 76.0 Å². The van der Waals surface area contributed by atoms with Gasteiger partial charge in [0.2, 0.25) is 5.91 Å². The monoisotopic (exact) mass is 254 g/mol. The zero-order chi connectivity index (χ0) is 13.0. The molecule has 18 heavy (non-hydrogen) atoms. The van der Waals surface area contributed by atoms with Crippen LogP contribution in [0, 0.1) is 5.92 Å². The zero-order valence-electron chi connectivity index (χ0n) is 11.1. The first-order valence-corrected chi connectivity index (χ1v) is 7.40. The Balaban J connectivity index is 1.78. The van der Waals surface area contributed by atoms with E-state index in [-0.39, 0.29) is 24.0 Å². The minimum Gasteiger partial charge on any atom is -0.392 e. The maximum atomic E-state index is 11.1. The molecular weight excluding hydrogens is 228 g/mol. The van der Waals surface area contributed by atoms with E-state index < -0.39 is 0 Å². The van der Waals surface area contributed by atoms with Gasteiger partial charge >= 0.3 is 0 Å². The molecule has 2 aliphatic rings. The molecule has 4 heteroatoms. The molecule has 4 N–H and O–H groups in total. The van der Waals surface area contributed by atoms with Crippen molar-refractivity contribution in [3.05, 3.63) is 0 Å². The number of aliphatic hydroxyl groups is 1. The second kappa shape index (κ2) is 6.53. The highest BCUT2D eigenvalue weighted by Gasteiger charge is 2.28. The first kappa shape index (κ1) is 13.8. The van der Waals surface area contributed by atoms with Gasteiger partial charge < -0.3 is 16.2 Å². The standard InChI is InChI=1S/C14H26N2O2/c15-14(18)10-6-8-11(9-7-10)16-12-4-2-1-3-5-13(12)17/h10-13,16-17H,1-9H2,(H2,15,18). The number of hydrogen-bond donors (Lipinski definition) is 3. The largest absolute Gasteiger partial charge is 0.392 e. The summed E-state index contributed by atoms with van der Waals surface area (Å²) in [6, 6.07) is 0.709. The van der Waals surface area contributed by atoms with Gasteiger partial charge in [-0.15, -0.1) is 0 Å². The molecule has 0 bridgehead atoms. The van der Waals surface area contributed by atoms with Gasteiger partial charge in [0.1, 0.15) is 0 Å². The summed E-state index contributed by atoms with van der Waals surface area (Å²) in [6.45, 7) is 0. The first-order valence-electron chi connectivity index (χ1n) is 7.40. The van der Waals surface area contributed by atoms with Crippen LogP contribution in [0.3, 0.4) is 0 Å². The fraction of sp³-hybridized carbons (Fsp3) is 0.929. The third-order valence-corrected chi connectivity index (χ3v) is 4.56. The maximum Gasteiger partial charge on any atom is 0.220 e. The third kappa shape index (κ3) is 3.69. The summed E-state index contributed by atoms with van der Waals surface area (Å²) in [5.41, 5.74) is 5.34. The molecule has 0 aromatic rings. The summed E-state index contributed by atoms with van der Waals surface area (Å²) in [4.78, 5) is 11.1. The summed E-state index contributed by atoms with van der Waals surface area (Å²) in [5, 5.41) is 13.7. The quantitative estimate of drug-likeness (QED) is 0.665. The number of nitrogens with one attached hydrogen (secondary N) is 1. The summed E-state index contributed by atoms with van der Waals surface area (Å²) in [7, 11) is 0. The molecule has 104 valence electrons. The molecule has 2 aliphatic carbocycles. The lowest BCUT2D eigenvalue weighted by Crippen LogP contribution is -2.47. The summed E-state index contributed by atoms with van der Waals surface area (Å²) in [5.74, 6) is -0.0786. The predicted molar refractivity (Wildman–Crippen MR) is 71.0 cm³/mol. The molecule has 0 saturated heterocycles. The molecule has 2 unspecified atom stereocenters. The average molecular weight is 254 g/mol. The Morgan fingerprint density at radius 2 is 1.67 bits per heavy atom. The molecule has 1 amide bonds. The Hall–Kier alpha value is -0.610. The Kier molecular flexibility index (Phi) is 5.01. The molecule has 4 nitrogen and oxygen atoms in total. The van der Waals surface area contributed by atoms with E-state index in [1.54, 1.807) is 0 Å². The third-order valence-electron chi connectivity index (χ3n) is 4.56. The molecule has 0 spiro atoms. The van der Waals surface area contributed by atoms with Gasteiger partial charge in [0.25, 0.3) is 0 Å². The van der Waals surface area contributed by atoms with Gasteiger partial charge in [-0.2, -0.15) is 0 Å². The molecule has 2 atom stereocenters. The van der Waals surface area contributed by atoms with Gasteiger partial charge in [-0.25, -0.2) is 0 Å². The molecule has 2 fully saturated rings. The lowest BCUT2D eigenvalue weighted by molar-refractivity contribution is -0.122. The lowest BCUT2D eigenvalue weighted by Gasteiger charge is -2.32. The molecule has 2 saturated carbocycles. The Labute approximate surface area is 109 Å². The summed E-state index contributed by atoms with van der Waals surface area (Å²) < 4.78 is 0. The van der Waals surface area contributed by atoms with Crippen LogP contribution in [0.25, 0.3) is 0 Å². The van der Waals surface area contributed by atoms with E-state index >= 15 is 0 Å². The van der Waals surface area contributed by atoms with Gasteiger partial charge in [-0.1, -0.05) is 19.3 Å². The van der Waals surface area contributed by atoms with E-state index in [1.807, 2.05) is 0 Å². The van der Waals surface area contributed by atoms with Crippen molar-refractivity contribution in [2.24, 2.45) is 11.7 Å². The highest BCUT2D eigenvalue weighted by Crippen LogP contribution is 2.26. The second-order valence-corrected chi connectivity index (χ2v) is 5.93. The lowest BCUT2D eigenvalue weighted by atomic mass is 9.85. The van der Waals surface area contributed by atoms with Crippen molar-refractivity contribution in [3.8, 4) is 0 Å². The van der Waals surface area contributed by atoms with E-state index in [0.717, 1.165) is 44.9 Å². The van der Waals surface area contributed by atoms with Crippen molar-refractivity contribution in [2.75, 3.05) is 0 Å². The van der Waals surface area contributed by atoms with Crippen LogP contribution in [0.5, 0.6) is 0 Å². The minimum absolute atomic E-state index is 0.0714. The van der Waals surface area contributed by atoms with Crippen molar-refractivity contribution < 1.29 is 9.90 Å². The highest BCUT2D eigenvalue weighted by atomic mass is 16.3. The number of nitrogens with two attached hydrogens (primary N) is 1. The molecule has 0 aromatic carbocycles. The van der Waals surface area contributed by atoms with E-state index in [0.29, 0.717) is 6.04 Å². The Morgan fingerprint density at radius 1 is 1.00 bits per heavy atom. The van der Waals surface area contributed by atoms with Crippen molar-refractivity contribution in [3.63, 3.8) is 0 Å². The average Bonchev–Trinajstić information content (AvgIpc) is 2.56. The predicted octanol–water partition coefficient (Wildman–Crippen LogP) is 1.31. The van der Waals surface area contributed by atoms with Gasteiger partial charge in [0.05, 0.1) is 6.10 Å². The van der Waals surface area contributed by atoms with Crippen LogP contribution < -0.4 is 11.1 Å². The van der Waals surface area contributed by atoms with E-state index in [2.05, 4.69) is 5.32 Å². The maximum absolute atomic E-state index is 11.1. The fourth-order valence-corrected chi connectivity index (χ4v) is 3.33. The zero-order valence-corrected chi connectivity index (χ0v) is 11.1. The van der Waals surface area contributed by atoms with Crippen LogP contribution in [0.1, 0.15) is 57.8 Å². The molecule has 0 aromatic heterocycles. The van der Waals surface area contributed by atoms with Crippen LogP contribution >= 0.6 is 0 Å².